The number of benzene rings is 1. The average Bonchev–Trinajstić information content (AvgIpc) is 2.98. The van der Waals surface area contributed by atoms with Gasteiger partial charge in [0.15, 0.2) is 16.6 Å². The summed E-state index contributed by atoms with van der Waals surface area (Å²) in [5, 5.41) is -0.0282. The Morgan fingerprint density at radius 3 is 2.23 bits per heavy atom. The molecule has 1 aromatic rings. The number of esters is 1. The zero-order chi connectivity index (χ0) is 30.3. The molecule has 10 heteroatoms. The number of carbonyl (C=O) groups is 1. The Morgan fingerprint density at radius 2 is 1.65 bits per heavy atom. The van der Waals surface area contributed by atoms with E-state index in [0.29, 0.717) is 12.8 Å². The molecule has 3 rings (SSSR count). The lowest BCUT2D eigenvalue weighted by Gasteiger charge is -2.40. The van der Waals surface area contributed by atoms with Crippen LogP contribution in [0.15, 0.2) is 36.4 Å². The lowest BCUT2D eigenvalue weighted by atomic mass is 9.88. The summed E-state index contributed by atoms with van der Waals surface area (Å²) in [6.07, 6.45) is -0.282. The van der Waals surface area contributed by atoms with Crippen molar-refractivity contribution in [2.24, 2.45) is 11.8 Å². The van der Waals surface area contributed by atoms with Gasteiger partial charge < -0.3 is 18.3 Å². The van der Waals surface area contributed by atoms with E-state index < -0.39 is 34.5 Å². The highest BCUT2D eigenvalue weighted by atomic mass is 28.4. The minimum atomic E-state index is -4.45. The van der Waals surface area contributed by atoms with Gasteiger partial charge in [-0.25, -0.2) is 0 Å². The van der Waals surface area contributed by atoms with Crippen LogP contribution < -0.4 is 4.74 Å². The second-order valence-electron chi connectivity index (χ2n) is 14.3. The Balaban J connectivity index is 1.83. The molecular weight excluding hydrogens is 553 g/mol. The van der Waals surface area contributed by atoms with Gasteiger partial charge in [-0.15, -0.1) is 0 Å². The predicted molar refractivity (Wildman–Crippen MR) is 156 cm³/mol. The number of carbonyl (C=O) groups excluding carboxylic acids is 1. The molecule has 0 amide bonds. The third-order valence-corrected chi connectivity index (χ3v) is 18.2. The van der Waals surface area contributed by atoms with E-state index in [1.807, 2.05) is 6.08 Å². The van der Waals surface area contributed by atoms with Gasteiger partial charge in [-0.1, -0.05) is 59.8 Å². The van der Waals surface area contributed by atoms with Crippen molar-refractivity contribution in [3.8, 4) is 5.75 Å². The lowest BCUT2D eigenvalue weighted by molar-refractivity contribution is -0.156. The average molecular weight is 601 g/mol. The van der Waals surface area contributed by atoms with Crippen molar-refractivity contribution in [1.82, 2.24) is 0 Å². The van der Waals surface area contributed by atoms with Crippen molar-refractivity contribution in [2.45, 2.75) is 115 Å². The molecule has 0 spiro atoms. The summed E-state index contributed by atoms with van der Waals surface area (Å²) in [4.78, 5) is 12.4. The Morgan fingerprint density at radius 1 is 1.02 bits per heavy atom. The number of alkyl halides is 3. The maximum Gasteiger partial charge on any atom is 0.416 e. The maximum atomic E-state index is 13.2. The van der Waals surface area contributed by atoms with Gasteiger partial charge in [0.1, 0.15) is 18.5 Å². The zero-order valence-corrected chi connectivity index (χ0v) is 27.6. The molecule has 4 unspecified atom stereocenters. The third-order valence-electron chi connectivity index (χ3n) is 9.18. The van der Waals surface area contributed by atoms with Crippen LogP contribution in [0.25, 0.3) is 0 Å². The minimum Gasteiger partial charge on any atom is -0.491 e. The molecule has 40 heavy (non-hydrogen) atoms. The molecule has 0 aromatic heterocycles. The van der Waals surface area contributed by atoms with E-state index in [9.17, 15) is 18.0 Å². The van der Waals surface area contributed by atoms with Gasteiger partial charge in [0, 0.05) is 18.3 Å². The molecule has 1 aliphatic carbocycles. The van der Waals surface area contributed by atoms with Crippen LogP contribution in [0.5, 0.6) is 5.75 Å². The molecule has 1 saturated carbocycles. The monoisotopic (exact) mass is 600 g/mol. The molecule has 5 nitrogen and oxygen atoms in total. The van der Waals surface area contributed by atoms with Crippen LogP contribution in [0.4, 0.5) is 13.2 Å². The number of hydrogen-bond acceptors (Lipinski definition) is 5. The van der Waals surface area contributed by atoms with Crippen molar-refractivity contribution >= 4 is 22.6 Å². The van der Waals surface area contributed by atoms with Crippen LogP contribution in [-0.2, 0) is 24.6 Å². The predicted octanol–water partition coefficient (Wildman–Crippen LogP) is 8.37. The zero-order valence-electron chi connectivity index (χ0n) is 25.6. The Bertz CT molecular complexity index is 1070. The summed E-state index contributed by atoms with van der Waals surface area (Å²) in [5.74, 6) is -0.0643. The topological polar surface area (TPSA) is 54.0 Å². The van der Waals surface area contributed by atoms with Crippen molar-refractivity contribution < 1.29 is 36.3 Å². The van der Waals surface area contributed by atoms with E-state index in [1.165, 1.54) is 12.1 Å². The highest BCUT2D eigenvalue weighted by Gasteiger charge is 2.52. The van der Waals surface area contributed by atoms with Gasteiger partial charge >= 0.3 is 12.1 Å². The van der Waals surface area contributed by atoms with Crippen LogP contribution in [0.1, 0.15) is 59.9 Å². The quantitative estimate of drug-likeness (QED) is 0.162. The summed E-state index contributed by atoms with van der Waals surface area (Å²) in [6, 6.07) is 4.90. The first-order chi connectivity index (χ1) is 18.1. The largest absolute Gasteiger partial charge is 0.491 e. The number of fused-ring (bicyclic) bond motifs is 2. The highest BCUT2D eigenvalue weighted by molar-refractivity contribution is 6.74. The Kier molecular flexibility index (Phi) is 9.51. The number of hydrogen-bond donors (Lipinski definition) is 0. The van der Waals surface area contributed by atoms with Crippen LogP contribution in [0, 0.1) is 11.8 Å². The third kappa shape index (κ3) is 7.80. The molecular formula is C30H47F3O5Si2. The molecule has 0 radical (unpaired) electrons. The molecule has 1 saturated heterocycles. The fourth-order valence-electron chi connectivity index (χ4n) is 4.72. The van der Waals surface area contributed by atoms with Gasteiger partial charge in [0.05, 0.1) is 24.2 Å². The second-order valence-corrected chi connectivity index (χ2v) is 23.8. The van der Waals surface area contributed by atoms with E-state index >= 15 is 0 Å². The molecule has 2 fully saturated rings. The Hall–Kier alpha value is -1.63. The fraction of sp³-hybridized carbons (Fsp3) is 0.700. The summed E-state index contributed by atoms with van der Waals surface area (Å²) in [5.41, 5.74) is -0.754. The number of rotatable bonds is 9. The van der Waals surface area contributed by atoms with Crippen molar-refractivity contribution in [2.75, 3.05) is 6.61 Å². The van der Waals surface area contributed by atoms with Crippen LogP contribution in [-0.4, -0.2) is 47.5 Å². The molecule has 0 N–H and O–H groups in total. The SMILES string of the molecule is CC(C)(C)[Si](C)(C)OC1CC2OC(=O)CC1C2C=C[C@H](COc1cccc(C(F)(F)F)c1)O[Si](C)(C)C(C)(C)C. The van der Waals surface area contributed by atoms with E-state index in [0.717, 1.165) is 12.1 Å². The van der Waals surface area contributed by atoms with Crippen molar-refractivity contribution in [1.29, 1.82) is 0 Å². The maximum absolute atomic E-state index is 13.2. The van der Waals surface area contributed by atoms with Gasteiger partial charge in [-0.2, -0.15) is 13.2 Å². The molecule has 1 aromatic carbocycles. The summed E-state index contributed by atoms with van der Waals surface area (Å²) < 4.78 is 64.7. The van der Waals surface area contributed by atoms with E-state index in [2.05, 4.69) is 73.8 Å². The standard InChI is InChI=1S/C30H47F3O5Si2/c1-28(2,3)39(7,8)37-22(19-35-21-13-11-12-20(16-21)30(31,32)33)14-15-23-24-17-27(34)36-25(23)18-26(24)38-40(9,10)29(4,5)6/h11-16,22-26H,17-19H2,1-10H3/t22-,23?,24?,25?,26?/m1/s1. The van der Waals surface area contributed by atoms with Gasteiger partial charge in [-0.3, -0.25) is 4.79 Å². The molecule has 5 atom stereocenters. The molecule has 226 valence electrons. The van der Waals surface area contributed by atoms with E-state index in [-0.39, 0.29) is 52.4 Å². The second kappa shape index (κ2) is 11.6. The summed E-state index contributed by atoms with van der Waals surface area (Å²) in [6.45, 7) is 21.8. The first-order valence-corrected chi connectivity index (χ1v) is 20.0. The van der Waals surface area contributed by atoms with Gasteiger partial charge in [0.25, 0.3) is 0 Å². The first-order valence-electron chi connectivity index (χ1n) is 14.1. The molecule has 2 aliphatic rings. The normalized spacial score (nSPS) is 25.3. The van der Waals surface area contributed by atoms with E-state index in [4.69, 9.17) is 18.3 Å². The molecule has 1 heterocycles. The van der Waals surface area contributed by atoms with Crippen LogP contribution in [0.3, 0.4) is 0 Å². The summed E-state index contributed by atoms with van der Waals surface area (Å²) in [7, 11) is -4.30. The highest BCUT2D eigenvalue weighted by Crippen LogP contribution is 2.47. The first kappa shape index (κ1) is 32.9. The Labute approximate surface area is 240 Å². The van der Waals surface area contributed by atoms with Crippen molar-refractivity contribution in [3.63, 3.8) is 0 Å². The van der Waals surface area contributed by atoms with E-state index in [1.54, 1.807) is 0 Å². The molecule has 2 bridgehead atoms. The minimum absolute atomic E-state index is 0.00883. The van der Waals surface area contributed by atoms with Crippen molar-refractivity contribution in [3.05, 3.63) is 42.0 Å². The van der Waals surface area contributed by atoms with Crippen LogP contribution in [0.2, 0.25) is 36.3 Å². The van der Waals surface area contributed by atoms with Crippen LogP contribution >= 0.6 is 0 Å². The summed E-state index contributed by atoms with van der Waals surface area (Å²) >= 11 is 0. The smallest absolute Gasteiger partial charge is 0.416 e. The van der Waals surface area contributed by atoms with Gasteiger partial charge in [0.2, 0.25) is 0 Å². The number of ether oxygens (including phenoxy) is 2. The van der Waals surface area contributed by atoms with Gasteiger partial charge in [-0.05, 0) is 54.5 Å². The molecule has 1 aliphatic heterocycles. The number of halogens is 3. The fourth-order valence-corrected chi connectivity index (χ4v) is 7.36. The lowest BCUT2D eigenvalue weighted by Crippen LogP contribution is -2.45.